The van der Waals surface area contributed by atoms with Crippen molar-refractivity contribution < 1.29 is 9.90 Å². The van der Waals surface area contributed by atoms with Gasteiger partial charge in [-0.15, -0.1) is 0 Å². The van der Waals surface area contributed by atoms with E-state index in [-0.39, 0.29) is 12.0 Å². The van der Waals surface area contributed by atoms with Gasteiger partial charge in [-0.3, -0.25) is 4.79 Å². The van der Waals surface area contributed by atoms with Gasteiger partial charge in [0, 0.05) is 32.4 Å². The third kappa shape index (κ3) is 4.71. The summed E-state index contributed by atoms with van der Waals surface area (Å²) in [4.78, 5) is 17.8. The second-order valence-electron chi connectivity index (χ2n) is 4.54. The molecule has 1 aromatic rings. The first-order chi connectivity index (χ1) is 8.50. The highest BCUT2D eigenvalue weighted by molar-refractivity contribution is 5.94. The van der Waals surface area contributed by atoms with Gasteiger partial charge in [-0.2, -0.15) is 0 Å². The van der Waals surface area contributed by atoms with E-state index in [0.29, 0.717) is 18.5 Å². The summed E-state index contributed by atoms with van der Waals surface area (Å²) >= 11 is 0. The highest BCUT2D eigenvalue weighted by atomic mass is 16.3. The summed E-state index contributed by atoms with van der Waals surface area (Å²) in [5.41, 5.74) is 0.603. The Bertz CT molecular complexity index is 392. The lowest BCUT2D eigenvalue weighted by atomic mass is 10.2. The molecule has 5 heteroatoms. The summed E-state index contributed by atoms with van der Waals surface area (Å²) in [6.45, 7) is 2.32. The molecule has 0 bridgehead atoms. The molecule has 1 amide bonds. The van der Waals surface area contributed by atoms with E-state index in [1.54, 1.807) is 25.3 Å². The molecule has 0 fully saturated rings. The molecule has 0 radical (unpaired) electrons. The highest BCUT2D eigenvalue weighted by Crippen LogP contribution is 2.09. The lowest BCUT2D eigenvalue weighted by molar-refractivity contribution is 0.0949. The van der Waals surface area contributed by atoms with Crippen molar-refractivity contribution in [1.82, 2.24) is 10.3 Å². The molecular formula is C13H21N3O2. The van der Waals surface area contributed by atoms with E-state index in [4.69, 9.17) is 5.11 Å². The number of aromatic nitrogens is 1. The summed E-state index contributed by atoms with van der Waals surface area (Å²) < 4.78 is 0. The number of carbonyl (C=O) groups excluding carboxylic acids is 1. The monoisotopic (exact) mass is 251 g/mol. The molecule has 100 valence electrons. The number of anilines is 1. The second kappa shape index (κ2) is 6.96. The van der Waals surface area contributed by atoms with E-state index in [0.717, 1.165) is 12.2 Å². The maximum atomic E-state index is 11.8. The van der Waals surface area contributed by atoms with Gasteiger partial charge in [0.15, 0.2) is 0 Å². The van der Waals surface area contributed by atoms with Crippen molar-refractivity contribution in [3.8, 4) is 0 Å². The minimum atomic E-state index is -0.317. The van der Waals surface area contributed by atoms with Crippen LogP contribution in [-0.2, 0) is 0 Å². The fraction of sp³-hybridized carbons (Fsp3) is 0.538. The van der Waals surface area contributed by atoms with Crippen molar-refractivity contribution >= 4 is 11.7 Å². The molecular weight excluding hydrogens is 230 g/mol. The number of rotatable bonds is 6. The zero-order valence-electron chi connectivity index (χ0n) is 11.2. The Morgan fingerprint density at radius 2 is 2.28 bits per heavy atom. The van der Waals surface area contributed by atoms with Crippen molar-refractivity contribution in [2.75, 3.05) is 25.5 Å². The van der Waals surface area contributed by atoms with E-state index >= 15 is 0 Å². The number of pyridine rings is 1. The third-order valence-corrected chi connectivity index (χ3v) is 2.55. The molecule has 0 saturated carbocycles. The van der Waals surface area contributed by atoms with Crippen molar-refractivity contribution in [3.05, 3.63) is 23.9 Å². The molecule has 0 aliphatic heterocycles. The molecule has 1 rings (SSSR count). The SMILES string of the molecule is CC(O)CCCNC(=O)c1ccnc(N(C)C)c1. The van der Waals surface area contributed by atoms with Crippen molar-refractivity contribution in [2.45, 2.75) is 25.9 Å². The van der Waals surface area contributed by atoms with Gasteiger partial charge >= 0.3 is 0 Å². The number of nitrogens with one attached hydrogen (secondary N) is 1. The minimum Gasteiger partial charge on any atom is -0.393 e. The first-order valence-electron chi connectivity index (χ1n) is 6.10. The number of aliphatic hydroxyl groups is 1. The van der Waals surface area contributed by atoms with E-state index in [1.165, 1.54) is 0 Å². The normalized spacial score (nSPS) is 12.0. The van der Waals surface area contributed by atoms with E-state index in [2.05, 4.69) is 10.3 Å². The lowest BCUT2D eigenvalue weighted by Crippen LogP contribution is -2.25. The predicted molar refractivity (Wildman–Crippen MR) is 71.8 cm³/mol. The summed E-state index contributed by atoms with van der Waals surface area (Å²) in [6, 6.07) is 3.45. The summed E-state index contributed by atoms with van der Waals surface area (Å²) in [5, 5.41) is 11.9. The first-order valence-corrected chi connectivity index (χ1v) is 6.10. The number of aliphatic hydroxyl groups excluding tert-OH is 1. The number of hydrogen-bond donors (Lipinski definition) is 2. The molecule has 0 aliphatic carbocycles. The van der Waals surface area contributed by atoms with Crippen LogP contribution < -0.4 is 10.2 Å². The van der Waals surface area contributed by atoms with Gasteiger partial charge in [-0.1, -0.05) is 0 Å². The fourth-order valence-corrected chi connectivity index (χ4v) is 1.51. The van der Waals surface area contributed by atoms with Crippen molar-refractivity contribution in [3.63, 3.8) is 0 Å². The average Bonchev–Trinajstić information content (AvgIpc) is 2.34. The van der Waals surface area contributed by atoms with Crippen LogP contribution in [0.1, 0.15) is 30.1 Å². The van der Waals surface area contributed by atoms with Gasteiger partial charge in [0.2, 0.25) is 0 Å². The lowest BCUT2D eigenvalue weighted by Gasteiger charge is -2.12. The summed E-state index contributed by atoms with van der Waals surface area (Å²) in [5.74, 6) is 0.651. The van der Waals surface area contributed by atoms with Crippen LogP contribution in [0.4, 0.5) is 5.82 Å². The van der Waals surface area contributed by atoms with E-state index < -0.39 is 0 Å². The van der Waals surface area contributed by atoms with Crippen molar-refractivity contribution in [1.29, 1.82) is 0 Å². The molecule has 2 N–H and O–H groups in total. The van der Waals surface area contributed by atoms with Crippen LogP contribution in [0.15, 0.2) is 18.3 Å². The standard InChI is InChI=1S/C13H21N3O2/c1-10(17)5-4-7-15-13(18)11-6-8-14-12(9-11)16(2)3/h6,8-10,17H,4-5,7H2,1-3H3,(H,15,18). The quantitative estimate of drug-likeness (QED) is 0.741. The Labute approximate surface area is 108 Å². The third-order valence-electron chi connectivity index (χ3n) is 2.55. The van der Waals surface area contributed by atoms with Crippen LogP contribution in [-0.4, -0.2) is 42.7 Å². The van der Waals surface area contributed by atoms with Crippen LogP contribution in [0.2, 0.25) is 0 Å². The van der Waals surface area contributed by atoms with Crippen LogP contribution in [0, 0.1) is 0 Å². The van der Waals surface area contributed by atoms with Crippen LogP contribution >= 0.6 is 0 Å². The Balaban J connectivity index is 2.48. The number of hydrogen-bond acceptors (Lipinski definition) is 4. The number of carbonyl (C=O) groups is 1. The Hall–Kier alpha value is -1.62. The van der Waals surface area contributed by atoms with Crippen LogP contribution in [0.25, 0.3) is 0 Å². The number of nitrogens with zero attached hydrogens (tertiary/aromatic N) is 2. The Kier molecular flexibility index (Phi) is 5.58. The fourth-order valence-electron chi connectivity index (χ4n) is 1.51. The second-order valence-corrected chi connectivity index (χ2v) is 4.54. The smallest absolute Gasteiger partial charge is 0.251 e. The van der Waals surface area contributed by atoms with Gasteiger partial charge in [0.25, 0.3) is 5.91 Å². The van der Waals surface area contributed by atoms with Gasteiger partial charge in [0.05, 0.1) is 6.10 Å². The van der Waals surface area contributed by atoms with Gasteiger partial charge < -0.3 is 15.3 Å². The van der Waals surface area contributed by atoms with Crippen LogP contribution in [0.5, 0.6) is 0 Å². The maximum Gasteiger partial charge on any atom is 0.251 e. The molecule has 1 aromatic heterocycles. The average molecular weight is 251 g/mol. The number of amides is 1. The molecule has 0 aliphatic rings. The molecule has 18 heavy (non-hydrogen) atoms. The Morgan fingerprint density at radius 1 is 1.56 bits per heavy atom. The first kappa shape index (κ1) is 14.4. The molecule has 0 saturated heterocycles. The zero-order valence-corrected chi connectivity index (χ0v) is 11.2. The summed E-state index contributed by atoms with van der Waals surface area (Å²) in [6.07, 6.45) is 2.78. The van der Waals surface area contributed by atoms with E-state index in [9.17, 15) is 4.79 Å². The molecule has 1 heterocycles. The van der Waals surface area contributed by atoms with Crippen molar-refractivity contribution in [2.24, 2.45) is 0 Å². The zero-order chi connectivity index (χ0) is 13.5. The summed E-state index contributed by atoms with van der Waals surface area (Å²) in [7, 11) is 3.76. The van der Waals surface area contributed by atoms with Gasteiger partial charge in [-0.25, -0.2) is 4.98 Å². The Morgan fingerprint density at radius 3 is 2.89 bits per heavy atom. The minimum absolute atomic E-state index is 0.105. The molecule has 5 nitrogen and oxygen atoms in total. The molecule has 0 spiro atoms. The van der Waals surface area contributed by atoms with E-state index in [1.807, 2.05) is 19.0 Å². The largest absolute Gasteiger partial charge is 0.393 e. The highest BCUT2D eigenvalue weighted by Gasteiger charge is 2.07. The molecule has 1 unspecified atom stereocenters. The predicted octanol–water partition coefficient (Wildman–Crippen LogP) is 1.04. The molecule has 0 aromatic carbocycles. The molecule has 1 atom stereocenters. The topological polar surface area (TPSA) is 65.5 Å². The van der Waals surface area contributed by atoms with Gasteiger partial charge in [-0.05, 0) is 31.9 Å². The van der Waals surface area contributed by atoms with Gasteiger partial charge in [0.1, 0.15) is 5.82 Å². The van der Waals surface area contributed by atoms with Crippen LogP contribution in [0.3, 0.4) is 0 Å². The maximum absolute atomic E-state index is 11.8.